The maximum Gasteiger partial charge on any atom is 0.573 e. The van der Waals surface area contributed by atoms with Gasteiger partial charge in [0.25, 0.3) is 5.56 Å². The molecule has 0 radical (unpaired) electrons. The van der Waals surface area contributed by atoms with Gasteiger partial charge in [0.05, 0.1) is 11.4 Å². The van der Waals surface area contributed by atoms with Crippen molar-refractivity contribution in [2.24, 2.45) is 0 Å². The van der Waals surface area contributed by atoms with Crippen LogP contribution in [0.1, 0.15) is 11.3 Å². The number of rotatable bonds is 2. The first-order valence-corrected chi connectivity index (χ1v) is 4.73. The highest BCUT2D eigenvalue weighted by atomic mass is 35.5. The number of nitrogens with one attached hydrogen (secondary N) is 1. The van der Waals surface area contributed by atoms with Gasteiger partial charge in [-0.3, -0.25) is 4.79 Å². The van der Waals surface area contributed by atoms with Crippen LogP contribution in [0.15, 0.2) is 10.9 Å². The smallest absolute Gasteiger partial charge is 0.405 e. The number of aromatic amines is 1. The van der Waals surface area contributed by atoms with Crippen molar-refractivity contribution in [1.82, 2.24) is 4.98 Å². The summed E-state index contributed by atoms with van der Waals surface area (Å²) in [6.45, 7) is 0. The number of hydrogen-bond donors (Lipinski definition) is 1. The number of alkyl halides is 7. The van der Waals surface area contributed by atoms with Crippen molar-refractivity contribution < 1.29 is 31.1 Å². The van der Waals surface area contributed by atoms with Crippen molar-refractivity contribution in [3.8, 4) is 5.75 Å². The lowest BCUT2D eigenvalue weighted by atomic mass is 10.2. The molecule has 0 saturated carbocycles. The molecule has 0 saturated heterocycles. The summed E-state index contributed by atoms with van der Waals surface area (Å²) in [4.78, 5) is 12.5. The molecular formula is C8H4ClF6NO2. The van der Waals surface area contributed by atoms with Crippen LogP contribution in [-0.4, -0.2) is 11.3 Å². The zero-order valence-electron chi connectivity index (χ0n) is 8.25. The minimum absolute atomic E-state index is 0.0343. The van der Waals surface area contributed by atoms with Gasteiger partial charge in [-0.2, -0.15) is 13.2 Å². The first-order chi connectivity index (χ1) is 8.04. The maximum absolute atomic E-state index is 12.3. The fourth-order valence-electron chi connectivity index (χ4n) is 1.06. The van der Waals surface area contributed by atoms with Gasteiger partial charge >= 0.3 is 12.5 Å². The molecule has 10 heteroatoms. The van der Waals surface area contributed by atoms with Crippen LogP contribution in [0, 0.1) is 0 Å². The van der Waals surface area contributed by atoms with E-state index in [4.69, 9.17) is 11.6 Å². The third kappa shape index (κ3) is 3.56. The summed E-state index contributed by atoms with van der Waals surface area (Å²) in [5.74, 6) is -1.99. The molecule has 0 spiro atoms. The third-order valence-corrected chi connectivity index (χ3v) is 2.03. The Morgan fingerprint density at radius 2 is 1.78 bits per heavy atom. The molecule has 0 unspecified atom stereocenters. The van der Waals surface area contributed by atoms with Gasteiger partial charge in [-0.15, -0.1) is 24.8 Å². The molecule has 1 heterocycles. The lowest BCUT2D eigenvalue weighted by Gasteiger charge is -2.14. The van der Waals surface area contributed by atoms with Crippen LogP contribution >= 0.6 is 11.6 Å². The first-order valence-electron chi connectivity index (χ1n) is 4.19. The molecule has 1 aromatic heterocycles. The number of halogens is 7. The number of hydrogen-bond acceptors (Lipinski definition) is 2. The average Bonchev–Trinajstić information content (AvgIpc) is 2.13. The van der Waals surface area contributed by atoms with Crippen molar-refractivity contribution in [2.45, 2.75) is 18.4 Å². The summed E-state index contributed by atoms with van der Waals surface area (Å²) in [6.07, 6.45) is -10.2. The normalized spacial score (nSPS) is 12.6. The van der Waals surface area contributed by atoms with Gasteiger partial charge in [0.1, 0.15) is 11.4 Å². The van der Waals surface area contributed by atoms with Gasteiger partial charge in [0.15, 0.2) is 0 Å². The van der Waals surface area contributed by atoms with Crippen molar-refractivity contribution >= 4 is 11.6 Å². The van der Waals surface area contributed by atoms with E-state index in [-0.39, 0.29) is 6.07 Å². The Morgan fingerprint density at radius 3 is 2.17 bits per heavy atom. The molecule has 0 fully saturated rings. The van der Waals surface area contributed by atoms with Crippen LogP contribution in [0.2, 0.25) is 0 Å². The zero-order chi connectivity index (χ0) is 14.1. The molecule has 1 N–H and O–H groups in total. The minimum Gasteiger partial charge on any atom is -0.405 e. The molecule has 102 valence electrons. The molecule has 1 rings (SSSR count). The average molecular weight is 296 g/mol. The highest BCUT2D eigenvalue weighted by Crippen LogP contribution is 2.32. The highest BCUT2D eigenvalue weighted by Gasteiger charge is 2.37. The maximum atomic E-state index is 12.3. The zero-order valence-corrected chi connectivity index (χ0v) is 9.00. The fourth-order valence-corrected chi connectivity index (χ4v) is 1.31. The van der Waals surface area contributed by atoms with Gasteiger partial charge in [0.2, 0.25) is 0 Å². The van der Waals surface area contributed by atoms with Crippen LogP contribution in [-0.2, 0) is 12.1 Å². The van der Waals surface area contributed by atoms with E-state index < -0.39 is 41.0 Å². The summed E-state index contributed by atoms with van der Waals surface area (Å²) < 4.78 is 76.0. The second kappa shape index (κ2) is 4.71. The molecule has 1 aromatic rings. The Morgan fingerprint density at radius 1 is 1.22 bits per heavy atom. The fraction of sp³-hybridized carbons (Fsp3) is 0.375. The third-order valence-electron chi connectivity index (χ3n) is 1.76. The van der Waals surface area contributed by atoms with E-state index in [1.807, 2.05) is 0 Å². The Bertz CT molecular complexity index is 492. The predicted octanol–water partition coefficient (Wildman–Crippen LogP) is 3.03. The lowest BCUT2D eigenvalue weighted by molar-refractivity contribution is -0.275. The molecule has 0 aromatic carbocycles. The monoisotopic (exact) mass is 295 g/mol. The van der Waals surface area contributed by atoms with Crippen molar-refractivity contribution in [3.05, 3.63) is 27.7 Å². The van der Waals surface area contributed by atoms with E-state index in [1.54, 1.807) is 0 Å². The Balaban J connectivity index is 3.38. The molecule has 0 aliphatic rings. The summed E-state index contributed by atoms with van der Waals surface area (Å²) in [7, 11) is 0. The van der Waals surface area contributed by atoms with Crippen LogP contribution in [0.4, 0.5) is 26.3 Å². The van der Waals surface area contributed by atoms with Crippen LogP contribution in [0.5, 0.6) is 5.75 Å². The van der Waals surface area contributed by atoms with Crippen LogP contribution in [0.3, 0.4) is 0 Å². The molecule has 0 aliphatic carbocycles. The molecule has 3 nitrogen and oxygen atoms in total. The highest BCUT2D eigenvalue weighted by molar-refractivity contribution is 6.17. The Kier molecular flexibility index (Phi) is 3.84. The van der Waals surface area contributed by atoms with Gasteiger partial charge < -0.3 is 9.72 Å². The van der Waals surface area contributed by atoms with Crippen LogP contribution in [0.25, 0.3) is 0 Å². The van der Waals surface area contributed by atoms with Crippen molar-refractivity contribution in [2.75, 3.05) is 0 Å². The van der Waals surface area contributed by atoms with E-state index in [1.165, 1.54) is 4.98 Å². The molecule has 0 bridgehead atoms. The van der Waals surface area contributed by atoms with E-state index in [9.17, 15) is 31.1 Å². The Hall–Kier alpha value is -1.38. The topological polar surface area (TPSA) is 42.1 Å². The van der Waals surface area contributed by atoms with E-state index in [0.29, 0.717) is 0 Å². The predicted molar refractivity (Wildman–Crippen MR) is 48.3 cm³/mol. The summed E-state index contributed by atoms with van der Waals surface area (Å²) in [5.41, 5.74) is -3.78. The summed E-state index contributed by atoms with van der Waals surface area (Å²) >= 11 is 5.18. The SMILES string of the molecule is O=c1[nH]c(C(F)(F)F)cc(OC(F)(F)F)c1CCl. The lowest BCUT2D eigenvalue weighted by Crippen LogP contribution is -2.24. The van der Waals surface area contributed by atoms with Crippen molar-refractivity contribution in [3.63, 3.8) is 0 Å². The molecular weight excluding hydrogens is 292 g/mol. The summed E-state index contributed by atoms with van der Waals surface area (Å²) in [5, 5.41) is 0. The minimum atomic E-state index is -5.22. The van der Waals surface area contributed by atoms with Gasteiger partial charge in [-0.1, -0.05) is 0 Å². The van der Waals surface area contributed by atoms with Crippen LogP contribution < -0.4 is 10.3 Å². The van der Waals surface area contributed by atoms with E-state index in [0.717, 1.165) is 0 Å². The second-order valence-corrected chi connectivity index (χ2v) is 3.30. The second-order valence-electron chi connectivity index (χ2n) is 3.03. The summed E-state index contributed by atoms with van der Waals surface area (Å²) in [6, 6.07) is 0.0343. The van der Waals surface area contributed by atoms with Gasteiger partial charge in [0, 0.05) is 6.07 Å². The van der Waals surface area contributed by atoms with Crippen molar-refractivity contribution in [1.29, 1.82) is 0 Å². The van der Waals surface area contributed by atoms with Gasteiger partial charge in [-0.05, 0) is 0 Å². The number of ether oxygens (including phenoxy) is 1. The van der Waals surface area contributed by atoms with E-state index in [2.05, 4.69) is 4.74 Å². The van der Waals surface area contributed by atoms with Gasteiger partial charge in [-0.25, -0.2) is 0 Å². The van der Waals surface area contributed by atoms with E-state index >= 15 is 0 Å². The Labute approximate surface area is 100 Å². The molecule has 0 amide bonds. The standard InChI is InChI=1S/C8H4ClF6NO2/c9-2-3-4(18-8(13,14)15)1-5(7(10,11)12)16-6(3)17/h1H,2H2,(H,16,17). The molecule has 0 atom stereocenters. The first kappa shape index (κ1) is 14.7. The number of aromatic nitrogens is 1. The number of pyridine rings is 1. The molecule has 18 heavy (non-hydrogen) atoms. The quantitative estimate of drug-likeness (QED) is 0.673. The number of H-pyrrole nitrogens is 1. The molecule has 0 aliphatic heterocycles. The largest absolute Gasteiger partial charge is 0.573 e.